The van der Waals surface area contributed by atoms with Gasteiger partial charge in [-0.15, -0.1) is 0 Å². The van der Waals surface area contributed by atoms with Crippen LogP contribution in [0.3, 0.4) is 0 Å². The average Bonchev–Trinajstić information content (AvgIpc) is 2.59. The molecule has 0 unspecified atom stereocenters. The van der Waals surface area contributed by atoms with Gasteiger partial charge < -0.3 is 5.32 Å². The van der Waals surface area contributed by atoms with Crippen molar-refractivity contribution in [1.82, 2.24) is 15.1 Å². The molecule has 90 valence electrons. The highest BCUT2D eigenvalue weighted by molar-refractivity contribution is 5.82. The van der Waals surface area contributed by atoms with Crippen LogP contribution < -0.4 is 5.32 Å². The molecule has 0 aromatic carbocycles. The minimum atomic E-state index is 0.225. The number of carbonyl (C=O) groups excluding carboxylic acids is 1. The van der Waals surface area contributed by atoms with Crippen molar-refractivity contribution in [2.24, 2.45) is 0 Å². The van der Waals surface area contributed by atoms with Gasteiger partial charge in [0.05, 0.1) is 12.2 Å². The summed E-state index contributed by atoms with van der Waals surface area (Å²) in [5, 5.41) is 7.44. The van der Waals surface area contributed by atoms with Gasteiger partial charge in [0.1, 0.15) is 0 Å². The molecule has 4 heteroatoms. The van der Waals surface area contributed by atoms with Gasteiger partial charge in [-0.2, -0.15) is 5.10 Å². The van der Waals surface area contributed by atoms with Crippen LogP contribution >= 0.6 is 0 Å². The van der Waals surface area contributed by atoms with Gasteiger partial charge in [-0.05, 0) is 32.9 Å². The summed E-state index contributed by atoms with van der Waals surface area (Å²) in [5.74, 6) is 0.225. The van der Waals surface area contributed by atoms with E-state index in [2.05, 4.69) is 17.3 Å². The molecule has 1 rings (SSSR count). The third kappa shape index (κ3) is 3.77. The third-order valence-electron chi connectivity index (χ3n) is 2.41. The van der Waals surface area contributed by atoms with Gasteiger partial charge in [-0.3, -0.25) is 9.48 Å². The fourth-order valence-corrected chi connectivity index (χ4v) is 1.68. The molecule has 1 aromatic heterocycles. The van der Waals surface area contributed by atoms with Gasteiger partial charge in [-0.1, -0.05) is 6.92 Å². The van der Waals surface area contributed by atoms with E-state index < -0.39 is 0 Å². The van der Waals surface area contributed by atoms with Gasteiger partial charge in [-0.25, -0.2) is 0 Å². The maximum atomic E-state index is 11.7. The molecule has 0 radical (unpaired) electrons. The van der Waals surface area contributed by atoms with E-state index in [-0.39, 0.29) is 5.78 Å². The molecule has 0 amide bonds. The van der Waals surface area contributed by atoms with Crippen molar-refractivity contribution in [2.45, 2.75) is 40.2 Å². The highest BCUT2D eigenvalue weighted by Crippen LogP contribution is 2.04. The molecular formula is C12H21N3O. The lowest BCUT2D eigenvalue weighted by molar-refractivity contribution is -0.117. The summed E-state index contributed by atoms with van der Waals surface area (Å²) >= 11 is 0. The van der Waals surface area contributed by atoms with Crippen molar-refractivity contribution < 1.29 is 4.79 Å². The van der Waals surface area contributed by atoms with Crippen molar-refractivity contribution in [3.05, 3.63) is 17.5 Å². The molecule has 0 aliphatic carbocycles. The molecule has 0 saturated carbocycles. The molecule has 1 aromatic rings. The normalized spacial score (nSPS) is 10.7. The second-order valence-electron chi connectivity index (χ2n) is 3.99. The lowest BCUT2D eigenvalue weighted by Crippen LogP contribution is -2.25. The Morgan fingerprint density at radius 2 is 2.25 bits per heavy atom. The smallest absolute Gasteiger partial charge is 0.152 e. The summed E-state index contributed by atoms with van der Waals surface area (Å²) in [6.45, 7) is 8.26. The SMILES string of the molecule is CCCNCC(=O)Cc1cc(C)nn1CC. The van der Waals surface area contributed by atoms with Crippen molar-refractivity contribution in [2.75, 3.05) is 13.1 Å². The van der Waals surface area contributed by atoms with E-state index >= 15 is 0 Å². The standard InChI is InChI=1S/C12H21N3O/c1-4-6-13-9-12(16)8-11-7-10(3)14-15(11)5-2/h7,13H,4-6,8-9H2,1-3H3. The summed E-state index contributed by atoms with van der Waals surface area (Å²) in [6, 6.07) is 1.99. The minimum Gasteiger partial charge on any atom is -0.310 e. The molecule has 1 N–H and O–H groups in total. The second kappa shape index (κ2) is 6.43. The Balaban J connectivity index is 2.48. The Morgan fingerprint density at radius 1 is 1.50 bits per heavy atom. The van der Waals surface area contributed by atoms with Crippen LogP contribution in [0.25, 0.3) is 0 Å². The monoisotopic (exact) mass is 223 g/mol. The van der Waals surface area contributed by atoms with Gasteiger partial charge >= 0.3 is 0 Å². The van der Waals surface area contributed by atoms with E-state index in [0.29, 0.717) is 13.0 Å². The molecule has 4 nitrogen and oxygen atoms in total. The lowest BCUT2D eigenvalue weighted by atomic mass is 10.2. The summed E-state index contributed by atoms with van der Waals surface area (Å²) < 4.78 is 1.90. The molecule has 1 heterocycles. The first-order chi connectivity index (χ1) is 7.67. The van der Waals surface area contributed by atoms with E-state index in [1.54, 1.807) is 0 Å². The van der Waals surface area contributed by atoms with Crippen molar-refractivity contribution >= 4 is 5.78 Å². The molecule has 0 aliphatic rings. The molecule has 0 bridgehead atoms. The highest BCUT2D eigenvalue weighted by Gasteiger charge is 2.08. The van der Waals surface area contributed by atoms with E-state index in [1.165, 1.54) is 0 Å². The number of aromatic nitrogens is 2. The van der Waals surface area contributed by atoms with Crippen molar-refractivity contribution in [3.8, 4) is 0 Å². The zero-order valence-corrected chi connectivity index (χ0v) is 10.4. The number of carbonyl (C=O) groups is 1. The molecule has 0 atom stereocenters. The van der Waals surface area contributed by atoms with Crippen molar-refractivity contribution in [1.29, 1.82) is 0 Å². The van der Waals surface area contributed by atoms with Crippen LogP contribution in [0.4, 0.5) is 0 Å². The van der Waals surface area contributed by atoms with Crippen LogP contribution in [-0.2, 0) is 17.8 Å². The Hall–Kier alpha value is -1.16. The minimum absolute atomic E-state index is 0.225. The molecule has 0 saturated heterocycles. The number of rotatable bonds is 7. The van der Waals surface area contributed by atoms with Crippen LogP contribution in [0.2, 0.25) is 0 Å². The average molecular weight is 223 g/mol. The number of ketones is 1. The van der Waals surface area contributed by atoms with Crippen LogP contribution in [0.1, 0.15) is 31.7 Å². The Bertz CT molecular complexity index is 344. The number of hydrogen-bond acceptors (Lipinski definition) is 3. The first-order valence-corrected chi connectivity index (χ1v) is 5.93. The fraction of sp³-hybridized carbons (Fsp3) is 0.667. The second-order valence-corrected chi connectivity index (χ2v) is 3.99. The topological polar surface area (TPSA) is 46.9 Å². The van der Waals surface area contributed by atoms with Gasteiger partial charge in [0, 0.05) is 18.7 Å². The number of nitrogens with zero attached hydrogens (tertiary/aromatic N) is 2. The quantitative estimate of drug-likeness (QED) is 0.709. The summed E-state index contributed by atoms with van der Waals surface area (Å²) in [6.07, 6.45) is 1.53. The van der Waals surface area contributed by atoms with Gasteiger partial charge in [0.2, 0.25) is 0 Å². The van der Waals surface area contributed by atoms with E-state index in [0.717, 1.165) is 30.9 Å². The van der Waals surface area contributed by atoms with Crippen LogP contribution in [-0.4, -0.2) is 28.7 Å². The molecule has 0 fully saturated rings. The van der Waals surface area contributed by atoms with Crippen LogP contribution in [0, 0.1) is 6.92 Å². The maximum absolute atomic E-state index is 11.7. The zero-order valence-electron chi connectivity index (χ0n) is 10.4. The first-order valence-electron chi connectivity index (χ1n) is 5.93. The molecule has 16 heavy (non-hydrogen) atoms. The van der Waals surface area contributed by atoms with E-state index in [4.69, 9.17) is 0 Å². The van der Waals surface area contributed by atoms with E-state index in [9.17, 15) is 4.79 Å². The number of nitrogens with one attached hydrogen (secondary N) is 1. The van der Waals surface area contributed by atoms with Crippen LogP contribution in [0.15, 0.2) is 6.07 Å². The highest BCUT2D eigenvalue weighted by atomic mass is 16.1. The number of aryl methyl sites for hydroxylation is 2. The Kier molecular flexibility index (Phi) is 5.19. The number of hydrogen-bond donors (Lipinski definition) is 1. The fourth-order valence-electron chi connectivity index (χ4n) is 1.68. The van der Waals surface area contributed by atoms with Crippen LogP contribution in [0.5, 0.6) is 0 Å². The van der Waals surface area contributed by atoms with Gasteiger partial charge in [0.25, 0.3) is 0 Å². The largest absolute Gasteiger partial charge is 0.310 e. The summed E-state index contributed by atoms with van der Waals surface area (Å²) in [5.41, 5.74) is 1.99. The zero-order chi connectivity index (χ0) is 12.0. The van der Waals surface area contributed by atoms with Gasteiger partial charge in [0.15, 0.2) is 5.78 Å². The third-order valence-corrected chi connectivity index (χ3v) is 2.41. The van der Waals surface area contributed by atoms with E-state index in [1.807, 2.05) is 24.6 Å². The Morgan fingerprint density at radius 3 is 2.88 bits per heavy atom. The molecule has 0 spiro atoms. The molecular weight excluding hydrogens is 202 g/mol. The molecule has 0 aliphatic heterocycles. The first kappa shape index (κ1) is 12.9. The Labute approximate surface area is 97.0 Å². The summed E-state index contributed by atoms with van der Waals surface area (Å²) in [4.78, 5) is 11.7. The lowest BCUT2D eigenvalue weighted by Gasteiger charge is -2.04. The van der Waals surface area contributed by atoms with Crippen molar-refractivity contribution in [3.63, 3.8) is 0 Å². The predicted octanol–water partition coefficient (Wildman–Crippen LogP) is 1.32. The summed E-state index contributed by atoms with van der Waals surface area (Å²) in [7, 11) is 0. The maximum Gasteiger partial charge on any atom is 0.152 e. The predicted molar refractivity (Wildman–Crippen MR) is 64.5 cm³/mol. The number of Topliss-reactive ketones (excluding diaryl/α,β-unsaturated/α-hetero) is 1.